The number of nitrogens with zero attached hydrogens (tertiary/aromatic N) is 4. The molecule has 1 fully saturated rings. The number of carboxylic acid groups (broad SMARTS) is 3. The number of aryl methyl sites for hydroxylation is 1. The molecule has 1 atom stereocenters. The highest BCUT2D eigenvalue weighted by Gasteiger charge is 2.25. The Balaban J connectivity index is 1.92. The standard InChI is InChI=1S/C31H46N6O8/c1-3-25-8-6-9-26(19-25)7-4-5-10-32-27(38)20-33-31(45)24(2)37-17-15-35(22-29(41)42)13-11-34(21-28(39)40)12-14-36(16-18-37)23-30(43)44/h1,6,8-9,19,24H,4-5,7,10-18,20-23H2,2H3,(H,32,38)(H,33,45)(H,39,40)(H,41,42)(H,43,44). The van der Waals surface area contributed by atoms with Gasteiger partial charge in [0.2, 0.25) is 11.8 Å². The van der Waals surface area contributed by atoms with Crippen molar-refractivity contribution >= 4 is 29.7 Å². The SMILES string of the molecule is C#Cc1cccc(CCCCNC(=O)CNC(=O)C(C)N2CCN(CC(=O)O)CCN(CC(=O)O)CCN(CC(=O)O)CC2)c1. The quantitative estimate of drug-likeness (QED) is 0.119. The maximum absolute atomic E-state index is 13.0. The van der Waals surface area contributed by atoms with Crippen molar-refractivity contribution in [3.8, 4) is 12.3 Å². The van der Waals surface area contributed by atoms with Crippen molar-refractivity contribution in [2.45, 2.75) is 32.2 Å². The first-order valence-corrected chi connectivity index (χ1v) is 15.1. The predicted octanol–water partition coefficient (Wildman–Crippen LogP) is -0.913. The van der Waals surface area contributed by atoms with E-state index in [-0.39, 0.29) is 77.3 Å². The molecular formula is C31H46N6O8. The minimum absolute atomic E-state index is 0.198. The van der Waals surface area contributed by atoms with Crippen LogP contribution in [-0.4, -0.2) is 156 Å². The smallest absolute Gasteiger partial charge is 0.317 e. The number of carbonyl (C=O) groups is 5. The number of aliphatic carboxylic acids is 3. The number of nitrogens with one attached hydrogen (secondary N) is 2. The van der Waals surface area contributed by atoms with E-state index in [0.717, 1.165) is 30.4 Å². The highest BCUT2D eigenvalue weighted by Crippen LogP contribution is 2.08. The van der Waals surface area contributed by atoms with Crippen LogP contribution in [0.3, 0.4) is 0 Å². The molecule has 1 aromatic rings. The average Bonchev–Trinajstić information content (AvgIpc) is 2.98. The normalized spacial score (nSPS) is 16.8. The van der Waals surface area contributed by atoms with Gasteiger partial charge in [0.1, 0.15) is 0 Å². The van der Waals surface area contributed by atoms with Gasteiger partial charge in [0.25, 0.3) is 0 Å². The van der Waals surface area contributed by atoms with Gasteiger partial charge in [-0.25, -0.2) is 0 Å². The molecule has 5 N–H and O–H groups in total. The van der Waals surface area contributed by atoms with Gasteiger partial charge in [-0.15, -0.1) is 6.42 Å². The highest BCUT2D eigenvalue weighted by atomic mass is 16.4. The molecule has 0 aromatic heterocycles. The van der Waals surface area contributed by atoms with Gasteiger partial charge < -0.3 is 26.0 Å². The number of terminal acetylenes is 1. The number of hydrogen-bond donors (Lipinski definition) is 5. The molecule has 1 aromatic carbocycles. The van der Waals surface area contributed by atoms with Crippen molar-refractivity contribution in [2.75, 3.05) is 85.1 Å². The molecule has 1 aliphatic heterocycles. The summed E-state index contributed by atoms with van der Waals surface area (Å²) in [6.07, 6.45) is 7.91. The molecule has 0 radical (unpaired) electrons. The molecule has 1 heterocycles. The third-order valence-corrected chi connectivity index (χ3v) is 7.61. The summed E-state index contributed by atoms with van der Waals surface area (Å²) in [5.74, 6) is -1.16. The fraction of sp³-hybridized carbons (Fsp3) is 0.581. The van der Waals surface area contributed by atoms with Crippen molar-refractivity contribution in [1.82, 2.24) is 30.2 Å². The van der Waals surface area contributed by atoms with Crippen LogP contribution >= 0.6 is 0 Å². The fourth-order valence-electron chi connectivity index (χ4n) is 5.03. The average molecular weight is 631 g/mol. The predicted molar refractivity (Wildman–Crippen MR) is 167 cm³/mol. The molecule has 0 spiro atoms. The summed E-state index contributed by atoms with van der Waals surface area (Å²) in [4.78, 5) is 66.6. The summed E-state index contributed by atoms with van der Waals surface area (Å²) in [5, 5.41) is 33.6. The summed E-state index contributed by atoms with van der Waals surface area (Å²) < 4.78 is 0. The number of unbranched alkanes of at least 4 members (excludes halogenated alkanes) is 1. The van der Waals surface area contributed by atoms with E-state index in [1.54, 1.807) is 21.6 Å². The lowest BCUT2D eigenvalue weighted by atomic mass is 10.1. The van der Waals surface area contributed by atoms with Crippen LogP contribution in [-0.2, 0) is 30.4 Å². The second kappa shape index (κ2) is 20.1. The first-order valence-electron chi connectivity index (χ1n) is 15.1. The van der Waals surface area contributed by atoms with Crippen molar-refractivity contribution in [1.29, 1.82) is 0 Å². The van der Waals surface area contributed by atoms with Crippen LogP contribution in [0.4, 0.5) is 0 Å². The summed E-state index contributed by atoms with van der Waals surface area (Å²) in [5.41, 5.74) is 1.97. The van der Waals surface area contributed by atoms with Gasteiger partial charge in [-0.1, -0.05) is 18.1 Å². The molecule has 14 heteroatoms. The molecule has 0 saturated carbocycles. The van der Waals surface area contributed by atoms with Crippen LogP contribution in [0.5, 0.6) is 0 Å². The Labute approximate surface area is 264 Å². The van der Waals surface area contributed by atoms with Crippen LogP contribution in [0.25, 0.3) is 0 Å². The third-order valence-electron chi connectivity index (χ3n) is 7.61. The third kappa shape index (κ3) is 15.5. The number of benzene rings is 1. The van der Waals surface area contributed by atoms with Crippen LogP contribution in [0, 0.1) is 12.3 Å². The number of amides is 2. The molecule has 1 saturated heterocycles. The molecule has 248 valence electrons. The molecule has 1 aliphatic rings. The van der Waals surface area contributed by atoms with Crippen molar-refractivity contribution in [3.63, 3.8) is 0 Å². The van der Waals surface area contributed by atoms with E-state index < -0.39 is 23.9 Å². The number of rotatable bonds is 15. The molecule has 1 unspecified atom stereocenters. The molecule has 45 heavy (non-hydrogen) atoms. The Morgan fingerprint density at radius 3 is 1.80 bits per heavy atom. The maximum atomic E-state index is 13.0. The second-order valence-corrected chi connectivity index (χ2v) is 11.1. The molecular weight excluding hydrogens is 584 g/mol. The molecule has 2 amide bonds. The van der Waals surface area contributed by atoms with Crippen molar-refractivity contribution in [3.05, 3.63) is 35.4 Å². The fourth-order valence-corrected chi connectivity index (χ4v) is 5.03. The Bertz CT molecular complexity index is 1160. The number of carboxylic acids is 3. The summed E-state index contributed by atoms with van der Waals surface area (Å²) >= 11 is 0. The van der Waals surface area contributed by atoms with E-state index in [4.69, 9.17) is 6.42 Å². The number of carbonyl (C=O) groups excluding carboxylic acids is 2. The first-order chi connectivity index (χ1) is 21.5. The summed E-state index contributed by atoms with van der Waals surface area (Å²) in [6.45, 7) is 3.52. The van der Waals surface area contributed by atoms with Gasteiger partial charge in [-0.3, -0.25) is 43.6 Å². The lowest BCUT2D eigenvalue weighted by molar-refractivity contribution is -0.140. The zero-order valence-corrected chi connectivity index (χ0v) is 25.9. The Hall–Kier alpha value is -4.03. The Kier molecular flexibility index (Phi) is 16.6. The lowest BCUT2D eigenvalue weighted by Crippen LogP contribution is -2.53. The Morgan fingerprint density at radius 2 is 1.31 bits per heavy atom. The van der Waals surface area contributed by atoms with Gasteiger partial charge in [-0.05, 0) is 43.9 Å². The van der Waals surface area contributed by atoms with E-state index in [0.29, 0.717) is 19.6 Å². The highest BCUT2D eigenvalue weighted by molar-refractivity contribution is 5.87. The zero-order valence-electron chi connectivity index (χ0n) is 25.9. The van der Waals surface area contributed by atoms with Crippen LogP contribution in [0.15, 0.2) is 24.3 Å². The van der Waals surface area contributed by atoms with E-state index in [2.05, 4.69) is 16.6 Å². The minimum atomic E-state index is -1.03. The van der Waals surface area contributed by atoms with Crippen LogP contribution < -0.4 is 10.6 Å². The van der Waals surface area contributed by atoms with Gasteiger partial charge in [0.15, 0.2) is 0 Å². The largest absolute Gasteiger partial charge is 0.480 e. The summed E-state index contributed by atoms with van der Waals surface area (Å²) in [7, 11) is 0. The molecule has 2 rings (SSSR count). The van der Waals surface area contributed by atoms with Crippen LogP contribution in [0.2, 0.25) is 0 Å². The second-order valence-electron chi connectivity index (χ2n) is 11.1. The molecule has 14 nitrogen and oxygen atoms in total. The topological polar surface area (TPSA) is 183 Å². The molecule has 0 bridgehead atoms. The monoisotopic (exact) mass is 630 g/mol. The van der Waals surface area contributed by atoms with E-state index >= 15 is 0 Å². The first kappa shape index (κ1) is 37.2. The zero-order chi connectivity index (χ0) is 33.2. The van der Waals surface area contributed by atoms with Gasteiger partial charge >= 0.3 is 17.9 Å². The van der Waals surface area contributed by atoms with E-state index in [1.807, 2.05) is 29.2 Å². The van der Waals surface area contributed by atoms with E-state index in [1.165, 1.54) is 0 Å². The van der Waals surface area contributed by atoms with E-state index in [9.17, 15) is 39.3 Å². The Morgan fingerprint density at radius 1 is 0.800 bits per heavy atom. The minimum Gasteiger partial charge on any atom is -0.480 e. The van der Waals surface area contributed by atoms with Crippen LogP contribution in [0.1, 0.15) is 30.9 Å². The number of hydrogen-bond acceptors (Lipinski definition) is 9. The van der Waals surface area contributed by atoms with Gasteiger partial charge in [-0.2, -0.15) is 0 Å². The lowest BCUT2D eigenvalue weighted by Gasteiger charge is -2.35. The van der Waals surface area contributed by atoms with Gasteiger partial charge in [0, 0.05) is 64.5 Å². The van der Waals surface area contributed by atoms with Crippen molar-refractivity contribution < 1.29 is 39.3 Å². The van der Waals surface area contributed by atoms with Gasteiger partial charge in [0.05, 0.1) is 32.2 Å². The summed E-state index contributed by atoms with van der Waals surface area (Å²) in [6, 6.07) is 7.10. The molecule has 0 aliphatic carbocycles. The van der Waals surface area contributed by atoms with Crippen molar-refractivity contribution in [2.24, 2.45) is 0 Å². The maximum Gasteiger partial charge on any atom is 0.317 e.